The summed E-state index contributed by atoms with van der Waals surface area (Å²) in [5.41, 5.74) is 16.6. The molecule has 0 aliphatic rings. The number of rotatable bonds is 9. The van der Waals surface area contributed by atoms with Gasteiger partial charge in [-0.15, -0.1) is 12.4 Å². The normalized spacial score (nSPS) is 10.2. The van der Waals surface area contributed by atoms with Crippen molar-refractivity contribution in [1.29, 1.82) is 10.8 Å². The lowest BCUT2D eigenvalue weighted by Crippen LogP contribution is -2.10. The molecular weight excluding hydrogens is 460 g/mol. The van der Waals surface area contributed by atoms with E-state index in [1.54, 1.807) is 24.3 Å². The van der Waals surface area contributed by atoms with Crippen LogP contribution in [0.3, 0.4) is 0 Å². The van der Waals surface area contributed by atoms with Gasteiger partial charge in [0.25, 0.3) is 0 Å². The first-order valence-corrected chi connectivity index (χ1v) is 10.8. The van der Waals surface area contributed by atoms with Gasteiger partial charge in [0.1, 0.15) is 36.4 Å². The lowest BCUT2D eigenvalue weighted by molar-refractivity contribution is 0.306. The quantitative estimate of drug-likeness (QED) is 0.184. The standard InChI is InChI=1S/C28H26N4O2.ClH/c29-27(30)23-9-3-11-25(15-23)33-17-19-5-1-7-21(13-19)22-8-2-6-20(14-22)18-34-26-12-4-10-24(16-26)28(31)32;/h1-16H,17-18H2,(H3,29,30)(H3,31,32);1H. The van der Waals surface area contributed by atoms with Crippen molar-refractivity contribution in [3.8, 4) is 22.6 Å². The Labute approximate surface area is 210 Å². The highest BCUT2D eigenvalue weighted by atomic mass is 35.5. The maximum Gasteiger partial charge on any atom is 0.122 e. The number of amidine groups is 2. The molecule has 0 atom stereocenters. The van der Waals surface area contributed by atoms with E-state index in [-0.39, 0.29) is 24.1 Å². The molecule has 0 bridgehead atoms. The minimum absolute atomic E-state index is 0. The molecule has 0 aliphatic heterocycles. The minimum atomic E-state index is 0. The first-order valence-electron chi connectivity index (χ1n) is 10.8. The maximum atomic E-state index is 7.57. The molecule has 7 heteroatoms. The van der Waals surface area contributed by atoms with Crippen LogP contribution in [-0.4, -0.2) is 11.7 Å². The number of halogens is 1. The molecule has 4 aromatic carbocycles. The van der Waals surface area contributed by atoms with Gasteiger partial charge in [-0.25, -0.2) is 0 Å². The average Bonchev–Trinajstić information content (AvgIpc) is 2.87. The predicted molar refractivity (Wildman–Crippen MR) is 143 cm³/mol. The summed E-state index contributed by atoms with van der Waals surface area (Å²) in [6.07, 6.45) is 0. The van der Waals surface area contributed by atoms with E-state index in [9.17, 15) is 0 Å². The summed E-state index contributed by atoms with van der Waals surface area (Å²) in [7, 11) is 0. The molecule has 35 heavy (non-hydrogen) atoms. The zero-order valence-electron chi connectivity index (χ0n) is 19.0. The summed E-state index contributed by atoms with van der Waals surface area (Å²) in [4.78, 5) is 0. The highest BCUT2D eigenvalue weighted by Crippen LogP contribution is 2.24. The summed E-state index contributed by atoms with van der Waals surface area (Å²) >= 11 is 0. The third-order valence-corrected chi connectivity index (χ3v) is 5.29. The van der Waals surface area contributed by atoms with Crippen LogP contribution >= 0.6 is 12.4 Å². The van der Waals surface area contributed by atoms with Crippen molar-refractivity contribution >= 4 is 24.1 Å². The summed E-state index contributed by atoms with van der Waals surface area (Å²) < 4.78 is 11.8. The third kappa shape index (κ3) is 6.85. The molecule has 0 fully saturated rings. The maximum absolute atomic E-state index is 7.57. The van der Waals surface area contributed by atoms with Gasteiger partial charge in [0.05, 0.1) is 0 Å². The van der Waals surface area contributed by atoms with Crippen molar-refractivity contribution in [2.75, 3.05) is 0 Å². The van der Waals surface area contributed by atoms with Crippen molar-refractivity contribution in [2.45, 2.75) is 13.2 Å². The van der Waals surface area contributed by atoms with Crippen LogP contribution in [0.1, 0.15) is 22.3 Å². The van der Waals surface area contributed by atoms with E-state index in [2.05, 4.69) is 24.3 Å². The number of benzene rings is 4. The molecule has 0 saturated heterocycles. The molecule has 0 spiro atoms. The van der Waals surface area contributed by atoms with Crippen LogP contribution in [0.4, 0.5) is 0 Å². The molecule has 0 unspecified atom stereocenters. The molecule has 0 saturated carbocycles. The Morgan fingerprint density at radius 2 is 0.971 bits per heavy atom. The van der Waals surface area contributed by atoms with E-state index in [1.807, 2.05) is 48.5 Å². The fourth-order valence-corrected chi connectivity index (χ4v) is 3.52. The third-order valence-electron chi connectivity index (χ3n) is 5.29. The SMILES string of the molecule is Cl.N=C(N)c1cccc(OCc2cccc(-c3cccc(COc4cccc(C(=N)N)c4)c3)c2)c1. The van der Waals surface area contributed by atoms with Gasteiger partial charge in [-0.1, -0.05) is 60.7 Å². The van der Waals surface area contributed by atoms with Gasteiger partial charge >= 0.3 is 0 Å². The number of nitrogen functional groups attached to an aromatic ring is 2. The number of hydrogen-bond donors (Lipinski definition) is 4. The van der Waals surface area contributed by atoms with Crippen molar-refractivity contribution < 1.29 is 9.47 Å². The van der Waals surface area contributed by atoms with Crippen LogP contribution in [-0.2, 0) is 13.2 Å². The number of hydrogen-bond acceptors (Lipinski definition) is 4. The molecule has 0 aromatic heterocycles. The lowest BCUT2D eigenvalue weighted by atomic mass is 10.0. The topological polar surface area (TPSA) is 118 Å². The Balaban J connectivity index is 0.00000342. The number of ether oxygens (including phenoxy) is 2. The Morgan fingerprint density at radius 1 is 0.571 bits per heavy atom. The zero-order chi connectivity index (χ0) is 23.9. The molecule has 6 N–H and O–H groups in total. The second-order valence-corrected chi connectivity index (χ2v) is 7.86. The first-order chi connectivity index (χ1) is 16.5. The largest absolute Gasteiger partial charge is 0.489 e. The van der Waals surface area contributed by atoms with Crippen molar-refractivity contribution in [2.24, 2.45) is 11.5 Å². The van der Waals surface area contributed by atoms with Gasteiger partial charge in [0, 0.05) is 11.1 Å². The van der Waals surface area contributed by atoms with E-state index in [0.717, 1.165) is 22.3 Å². The van der Waals surface area contributed by atoms with Crippen LogP contribution in [0, 0.1) is 10.8 Å². The minimum Gasteiger partial charge on any atom is -0.489 e. The summed E-state index contributed by atoms with van der Waals surface area (Å²) in [5, 5.41) is 15.1. The highest BCUT2D eigenvalue weighted by Gasteiger charge is 2.05. The van der Waals surface area contributed by atoms with E-state index in [0.29, 0.717) is 35.8 Å². The first kappa shape index (κ1) is 25.3. The van der Waals surface area contributed by atoms with Crippen LogP contribution < -0.4 is 20.9 Å². The van der Waals surface area contributed by atoms with Crippen LogP contribution in [0.2, 0.25) is 0 Å². The second-order valence-electron chi connectivity index (χ2n) is 7.86. The fourth-order valence-electron chi connectivity index (χ4n) is 3.52. The van der Waals surface area contributed by atoms with Gasteiger partial charge in [-0.2, -0.15) is 0 Å². The summed E-state index contributed by atoms with van der Waals surface area (Å²) in [6, 6.07) is 30.9. The van der Waals surface area contributed by atoms with Gasteiger partial charge in [-0.05, 0) is 58.7 Å². The average molecular weight is 487 g/mol. The van der Waals surface area contributed by atoms with E-state index >= 15 is 0 Å². The molecule has 0 aliphatic carbocycles. The van der Waals surface area contributed by atoms with E-state index in [4.69, 9.17) is 31.8 Å². The summed E-state index contributed by atoms with van der Waals surface area (Å²) in [5.74, 6) is 1.38. The Hall–Kier alpha value is -4.29. The smallest absolute Gasteiger partial charge is 0.122 e. The van der Waals surface area contributed by atoms with Gasteiger partial charge in [0.15, 0.2) is 0 Å². The number of nitrogens with one attached hydrogen (secondary N) is 2. The molecule has 0 amide bonds. The van der Waals surface area contributed by atoms with Gasteiger partial charge in [0.2, 0.25) is 0 Å². The molecule has 0 radical (unpaired) electrons. The van der Waals surface area contributed by atoms with Crippen molar-refractivity contribution in [3.05, 3.63) is 119 Å². The highest BCUT2D eigenvalue weighted by molar-refractivity contribution is 5.95. The van der Waals surface area contributed by atoms with E-state index in [1.165, 1.54) is 0 Å². The predicted octanol–water partition coefficient (Wildman–Crippen LogP) is 5.50. The van der Waals surface area contributed by atoms with Crippen LogP contribution in [0.5, 0.6) is 11.5 Å². The van der Waals surface area contributed by atoms with Crippen LogP contribution in [0.15, 0.2) is 97.1 Å². The monoisotopic (exact) mass is 486 g/mol. The lowest BCUT2D eigenvalue weighted by Gasteiger charge is -2.11. The number of nitrogens with two attached hydrogens (primary N) is 2. The Bertz CT molecular complexity index is 1240. The van der Waals surface area contributed by atoms with E-state index < -0.39 is 0 Å². The Kier molecular flexibility index (Phi) is 8.48. The molecule has 4 aromatic rings. The molecule has 0 heterocycles. The van der Waals surface area contributed by atoms with Gasteiger partial charge < -0.3 is 20.9 Å². The molecular formula is C28H27ClN4O2. The van der Waals surface area contributed by atoms with Crippen molar-refractivity contribution in [1.82, 2.24) is 0 Å². The van der Waals surface area contributed by atoms with Crippen molar-refractivity contribution in [3.63, 3.8) is 0 Å². The molecule has 6 nitrogen and oxygen atoms in total. The molecule has 178 valence electrons. The van der Waals surface area contributed by atoms with Crippen LogP contribution in [0.25, 0.3) is 11.1 Å². The second kappa shape index (κ2) is 11.7. The zero-order valence-corrected chi connectivity index (χ0v) is 19.8. The summed E-state index contributed by atoms with van der Waals surface area (Å²) in [6.45, 7) is 0.814. The molecule has 4 rings (SSSR count). The Morgan fingerprint density at radius 3 is 1.37 bits per heavy atom. The van der Waals surface area contributed by atoms with Gasteiger partial charge in [-0.3, -0.25) is 10.8 Å². The fraction of sp³-hybridized carbons (Fsp3) is 0.0714.